The monoisotopic (exact) mass is 411 g/mol. The number of fused-ring (bicyclic) bond motifs is 4. The maximum atomic E-state index is 13.2. The molecular formula is C23H29N3O4. The third-order valence-electron chi connectivity index (χ3n) is 6.93. The summed E-state index contributed by atoms with van der Waals surface area (Å²) in [6.45, 7) is 5.79. The van der Waals surface area contributed by atoms with Gasteiger partial charge in [-0.1, -0.05) is 0 Å². The number of pyridine rings is 1. The van der Waals surface area contributed by atoms with Gasteiger partial charge in [0.25, 0.3) is 11.5 Å². The number of amides is 1. The third-order valence-corrected chi connectivity index (χ3v) is 6.93. The second-order valence-electron chi connectivity index (χ2n) is 9.07. The second kappa shape index (κ2) is 7.71. The molecule has 5 heterocycles. The maximum absolute atomic E-state index is 13.2. The van der Waals surface area contributed by atoms with Crippen LogP contribution in [0, 0.1) is 12.8 Å². The Morgan fingerprint density at radius 1 is 1.20 bits per heavy atom. The fourth-order valence-electron chi connectivity index (χ4n) is 5.57. The van der Waals surface area contributed by atoms with Gasteiger partial charge in [-0.25, -0.2) is 0 Å². The summed E-state index contributed by atoms with van der Waals surface area (Å²) in [4.78, 5) is 30.3. The lowest BCUT2D eigenvalue weighted by Crippen LogP contribution is -2.48. The molecule has 0 spiro atoms. The van der Waals surface area contributed by atoms with E-state index in [9.17, 15) is 14.7 Å². The van der Waals surface area contributed by atoms with Crippen LogP contribution < -0.4 is 5.56 Å². The molecule has 3 aliphatic rings. The highest BCUT2D eigenvalue weighted by atomic mass is 16.3. The first-order valence-electron chi connectivity index (χ1n) is 11.0. The molecule has 1 N–H and O–H groups in total. The Kier molecular flexibility index (Phi) is 5.03. The highest BCUT2D eigenvalue weighted by molar-refractivity contribution is 5.94. The zero-order valence-corrected chi connectivity index (χ0v) is 17.4. The van der Waals surface area contributed by atoms with Crippen molar-refractivity contribution in [1.82, 2.24) is 14.4 Å². The number of hydrogen-bond donors (Lipinski definition) is 1. The molecule has 160 valence electrons. The molecule has 2 fully saturated rings. The van der Waals surface area contributed by atoms with Gasteiger partial charge in [0.05, 0.1) is 19.2 Å². The van der Waals surface area contributed by atoms with Gasteiger partial charge < -0.3 is 19.0 Å². The van der Waals surface area contributed by atoms with Gasteiger partial charge in [0.2, 0.25) is 0 Å². The number of aliphatic hydroxyl groups is 1. The summed E-state index contributed by atoms with van der Waals surface area (Å²) in [7, 11) is 0. The van der Waals surface area contributed by atoms with E-state index in [-0.39, 0.29) is 29.7 Å². The zero-order valence-electron chi connectivity index (χ0n) is 17.4. The smallest absolute Gasteiger partial charge is 0.263 e. The third kappa shape index (κ3) is 3.40. The summed E-state index contributed by atoms with van der Waals surface area (Å²) in [5.41, 5.74) is 1.10. The summed E-state index contributed by atoms with van der Waals surface area (Å²) >= 11 is 0. The Morgan fingerprint density at radius 3 is 2.83 bits per heavy atom. The molecule has 0 unspecified atom stereocenters. The zero-order chi connectivity index (χ0) is 20.8. The average molecular weight is 412 g/mol. The van der Waals surface area contributed by atoms with Crippen molar-refractivity contribution in [2.45, 2.75) is 51.2 Å². The van der Waals surface area contributed by atoms with Crippen molar-refractivity contribution in [1.29, 1.82) is 0 Å². The molecule has 5 rings (SSSR count). The van der Waals surface area contributed by atoms with Crippen LogP contribution in [0.4, 0.5) is 0 Å². The SMILES string of the molecule is Cc1ccc(CN2C[C@@H]3C[C@H](C2)c2ccc(C(=O)N4CCC[C@H]4CO)c(=O)n2C3)o1. The first-order valence-corrected chi connectivity index (χ1v) is 11.0. The van der Waals surface area contributed by atoms with Gasteiger partial charge in [-0.3, -0.25) is 14.5 Å². The largest absolute Gasteiger partial charge is 0.465 e. The standard InChI is InChI=1S/C23H29N3O4/c1-15-4-5-19(30-15)13-24-10-16-9-17(12-24)21-7-6-20(23(29)26(21)11-16)22(28)25-8-2-3-18(25)14-27/h4-7,16-18,27H,2-3,8-14H2,1H3/t16-,17+,18-/m0/s1. The topological polar surface area (TPSA) is 78.9 Å². The number of aliphatic hydroxyl groups excluding tert-OH is 1. The van der Waals surface area contributed by atoms with E-state index in [1.165, 1.54) is 0 Å². The molecule has 1 amide bonds. The van der Waals surface area contributed by atoms with Crippen LogP contribution in [-0.4, -0.2) is 57.7 Å². The normalized spacial score (nSPS) is 26.1. The maximum Gasteiger partial charge on any atom is 0.263 e. The van der Waals surface area contributed by atoms with E-state index in [0.717, 1.165) is 56.1 Å². The molecule has 0 saturated carbocycles. The lowest BCUT2D eigenvalue weighted by atomic mass is 9.83. The van der Waals surface area contributed by atoms with Crippen LogP contribution in [-0.2, 0) is 13.1 Å². The molecule has 3 aliphatic heterocycles. The number of furan rings is 1. The van der Waals surface area contributed by atoms with Crippen LogP contribution in [0.25, 0.3) is 0 Å². The number of likely N-dealkylation sites (tertiary alicyclic amines) is 2. The summed E-state index contributed by atoms with van der Waals surface area (Å²) in [5, 5.41) is 9.55. The van der Waals surface area contributed by atoms with Crippen LogP contribution >= 0.6 is 0 Å². The number of hydrogen-bond acceptors (Lipinski definition) is 5. The van der Waals surface area contributed by atoms with Crippen molar-refractivity contribution in [3.05, 3.63) is 57.4 Å². The van der Waals surface area contributed by atoms with Gasteiger partial charge in [0.1, 0.15) is 17.1 Å². The van der Waals surface area contributed by atoms with Crippen molar-refractivity contribution < 1.29 is 14.3 Å². The molecule has 2 bridgehead atoms. The summed E-state index contributed by atoms with van der Waals surface area (Å²) in [6.07, 6.45) is 2.75. The first-order chi connectivity index (χ1) is 14.5. The molecule has 0 aliphatic carbocycles. The fraction of sp³-hybridized carbons (Fsp3) is 0.565. The van der Waals surface area contributed by atoms with Gasteiger partial charge in [0, 0.05) is 37.8 Å². The van der Waals surface area contributed by atoms with Gasteiger partial charge in [-0.2, -0.15) is 0 Å². The van der Waals surface area contributed by atoms with Crippen molar-refractivity contribution in [2.75, 3.05) is 26.2 Å². The average Bonchev–Trinajstić information content (AvgIpc) is 3.37. The summed E-state index contributed by atoms with van der Waals surface area (Å²) < 4.78 is 7.59. The highest BCUT2D eigenvalue weighted by Crippen LogP contribution is 2.36. The minimum Gasteiger partial charge on any atom is -0.465 e. The molecule has 7 nitrogen and oxygen atoms in total. The van der Waals surface area contributed by atoms with Crippen LogP contribution in [0.5, 0.6) is 0 Å². The Balaban J connectivity index is 1.38. The molecule has 30 heavy (non-hydrogen) atoms. The van der Waals surface area contributed by atoms with Crippen molar-refractivity contribution in [3.8, 4) is 0 Å². The molecule has 7 heteroatoms. The first kappa shape index (κ1) is 19.6. The van der Waals surface area contributed by atoms with E-state index in [1.807, 2.05) is 29.7 Å². The minimum absolute atomic E-state index is 0.0484. The number of carbonyl (C=O) groups is 1. The quantitative estimate of drug-likeness (QED) is 0.832. The van der Waals surface area contributed by atoms with Crippen molar-refractivity contribution in [2.24, 2.45) is 5.92 Å². The molecule has 0 radical (unpaired) electrons. The molecular weight excluding hydrogens is 382 g/mol. The van der Waals surface area contributed by atoms with Gasteiger partial charge in [-0.15, -0.1) is 0 Å². The number of aromatic nitrogens is 1. The molecule has 2 aromatic heterocycles. The Labute approximate surface area is 175 Å². The summed E-state index contributed by atoms with van der Waals surface area (Å²) in [5.74, 6) is 2.36. The molecule has 0 aromatic carbocycles. The van der Waals surface area contributed by atoms with E-state index >= 15 is 0 Å². The van der Waals surface area contributed by atoms with Crippen molar-refractivity contribution in [3.63, 3.8) is 0 Å². The number of rotatable bonds is 4. The van der Waals surface area contributed by atoms with Crippen LogP contribution in [0.1, 0.15) is 52.8 Å². The number of aryl methyl sites for hydroxylation is 1. The lowest BCUT2D eigenvalue weighted by Gasteiger charge is -2.42. The lowest BCUT2D eigenvalue weighted by molar-refractivity contribution is 0.0672. The summed E-state index contributed by atoms with van der Waals surface area (Å²) in [6, 6.07) is 7.54. The Bertz CT molecular complexity index is 1010. The predicted octanol–water partition coefficient (Wildman–Crippen LogP) is 1.97. The van der Waals surface area contributed by atoms with Crippen LogP contribution in [0.15, 0.2) is 33.5 Å². The second-order valence-corrected chi connectivity index (χ2v) is 9.07. The van der Waals surface area contributed by atoms with Crippen LogP contribution in [0.2, 0.25) is 0 Å². The van der Waals surface area contributed by atoms with Crippen LogP contribution in [0.3, 0.4) is 0 Å². The highest BCUT2D eigenvalue weighted by Gasteiger charge is 2.37. The van der Waals surface area contributed by atoms with E-state index < -0.39 is 0 Å². The van der Waals surface area contributed by atoms with E-state index in [2.05, 4.69) is 4.90 Å². The number of carbonyl (C=O) groups excluding carboxylic acids is 1. The van der Waals surface area contributed by atoms with E-state index in [1.54, 1.807) is 11.0 Å². The predicted molar refractivity (Wildman–Crippen MR) is 111 cm³/mol. The number of piperidine rings is 1. The van der Waals surface area contributed by atoms with E-state index in [0.29, 0.717) is 24.9 Å². The Hall–Kier alpha value is -2.38. The molecule has 3 atom stereocenters. The van der Waals surface area contributed by atoms with Gasteiger partial charge >= 0.3 is 0 Å². The molecule has 2 aromatic rings. The van der Waals surface area contributed by atoms with E-state index in [4.69, 9.17) is 4.42 Å². The fourth-order valence-corrected chi connectivity index (χ4v) is 5.57. The minimum atomic E-state index is -0.239. The van der Waals surface area contributed by atoms with Gasteiger partial charge in [-0.05, 0) is 56.4 Å². The van der Waals surface area contributed by atoms with Crippen molar-refractivity contribution >= 4 is 5.91 Å². The Morgan fingerprint density at radius 2 is 2.07 bits per heavy atom. The van der Waals surface area contributed by atoms with Gasteiger partial charge in [0.15, 0.2) is 0 Å². The number of nitrogens with zero attached hydrogens (tertiary/aromatic N) is 3. The molecule has 2 saturated heterocycles.